The van der Waals surface area contributed by atoms with Gasteiger partial charge in [-0.15, -0.1) is 0 Å². The third kappa shape index (κ3) is 3.18. The predicted molar refractivity (Wildman–Crippen MR) is 151 cm³/mol. The fourth-order valence-electron chi connectivity index (χ4n) is 5.92. The van der Waals surface area contributed by atoms with Crippen LogP contribution in [0.3, 0.4) is 0 Å². The summed E-state index contributed by atoms with van der Waals surface area (Å²) in [4.78, 5) is 0. The number of hydrogen-bond acceptors (Lipinski definition) is 3. The fourth-order valence-corrected chi connectivity index (χ4v) is 5.92. The highest BCUT2D eigenvalue weighted by Gasteiger charge is 2.24. The smallest absolute Gasteiger partial charge is 0.146 e. The van der Waals surface area contributed by atoms with Crippen LogP contribution in [0.15, 0.2) is 114 Å². The summed E-state index contributed by atoms with van der Waals surface area (Å²) in [5, 5.41) is 11.5. The van der Waals surface area contributed by atoms with E-state index in [1.807, 2.05) is 6.20 Å². The summed E-state index contributed by atoms with van der Waals surface area (Å²) in [6.07, 6.45) is 3.72. The van der Waals surface area contributed by atoms with Crippen molar-refractivity contribution in [1.82, 2.24) is 19.5 Å². The van der Waals surface area contributed by atoms with Crippen LogP contribution in [0.5, 0.6) is 0 Å². The molecule has 0 unspecified atom stereocenters. The molecule has 3 aromatic heterocycles. The molecule has 7 aromatic rings. The van der Waals surface area contributed by atoms with Gasteiger partial charge in [0, 0.05) is 41.2 Å². The van der Waals surface area contributed by atoms with E-state index in [9.17, 15) is 0 Å². The molecule has 5 nitrogen and oxygen atoms in total. The summed E-state index contributed by atoms with van der Waals surface area (Å²) in [6.45, 7) is 0.891. The second-order valence-electron chi connectivity index (χ2n) is 9.87. The zero-order chi connectivity index (χ0) is 25.1. The molecule has 38 heavy (non-hydrogen) atoms. The van der Waals surface area contributed by atoms with Crippen LogP contribution in [-0.4, -0.2) is 19.5 Å². The number of aryl methyl sites for hydroxylation is 2. The topological polar surface area (TPSA) is 48.8 Å². The van der Waals surface area contributed by atoms with E-state index < -0.39 is 0 Å². The minimum absolute atomic E-state index is 0.869. The number of benzene rings is 4. The van der Waals surface area contributed by atoms with Gasteiger partial charge >= 0.3 is 0 Å². The summed E-state index contributed by atoms with van der Waals surface area (Å²) in [7, 11) is 0. The quantitative estimate of drug-likeness (QED) is 0.252. The maximum Gasteiger partial charge on any atom is 0.146 e. The Kier molecular flexibility index (Phi) is 4.64. The Hall–Kier alpha value is -4.90. The van der Waals surface area contributed by atoms with Gasteiger partial charge in [0.05, 0.1) is 22.3 Å². The Bertz CT molecular complexity index is 1960. The molecule has 0 fully saturated rings. The van der Waals surface area contributed by atoms with Gasteiger partial charge in [-0.05, 0) is 60.0 Å². The molecule has 0 radical (unpaired) electrons. The van der Waals surface area contributed by atoms with Crippen molar-refractivity contribution in [2.45, 2.75) is 19.4 Å². The van der Waals surface area contributed by atoms with Crippen LogP contribution in [0.1, 0.15) is 12.2 Å². The first-order chi connectivity index (χ1) is 18.8. The first-order valence-electron chi connectivity index (χ1n) is 13.1. The fraction of sp³-hybridized carbons (Fsp3) is 0.0909. The third-order valence-corrected chi connectivity index (χ3v) is 7.67. The minimum Gasteiger partial charge on any atom is -0.360 e. The van der Waals surface area contributed by atoms with E-state index in [0.29, 0.717) is 0 Å². The van der Waals surface area contributed by atoms with Crippen LogP contribution < -0.4 is 0 Å². The zero-order valence-corrected chi connectivity index (χ0v) is 20.7. The van der Waals surface area contributed by atoms with E-state index in [2.05, 4.69) is 123 Å². The number of aromatic nitrogens is 4. The molecule has 4 aromatic carbocycles. The average Bonchev–Trinajstić information content (AvgIpc) is 3.66. The summed E-state index contributed by atoms with van der Waals surface area (Å²) in [5.74, 6) is 0.944. The average molecular weight is 493 g/mol. The number of fused-ring (bicyclic) bond motifs is 6. The molecule has 0 aliphatic carbocycles. The van der Waals surface area contributed by atoms with Crippen molar-refractivity contribution in [1.29, 1.82) is 0 Å². The molecule has 0 saturated heterocycles. The first-order valence-corrected chi connectivity index (χ1v) is 13.1. The summed E-state index contributed by atoms with van der Waals surface area (Å²) in [5.41, 5.74) is 9.98. The molecule has 0 N–H and O–H groups in total. The lowest BCUT2D eigenvalue weighted by Crippen LogP contribution is -2.00. The van der Waals surface area contributed by atoms with Gasteiger partial charge in [0.1, 0.15) is 11.5 Å². The second kappa shape index (κ2) is 8.32. The summed E-state index contributed by atoms with van der Waals surface area (Å²) < 4.78 is 10.3. The lowest BCUT2D eigenvalue weighted by Gasteiger charge is -2.09. The van der Waals surface area contributed by atoms with Crippen LogP contribution in [0, 0.1) is 0 Å². The van der Waals surface area contributed by atoms with Gasteiger partial charge in [-0.2, -0.15) is 5.10 Å². The Morgan fingerprint density at radius 2 is 1.50 bits per heavy atom. The number of hydrogen-bond donors (Lipinski definition) is 0. The van der Waals surface area contributed by atoms with Crippen molar-refractivity contribution in [2.24, 2.45) is 0 Å². The number of para-hydroxylation sites is 2. The molecule has 5 heteroatoms. The van der Waals surface area contributed by atoms with E-state index in [1.165, 1.54) is 33.1 Å². The van der Waals surface area contributed by atoms with Crippen molar-refractivity contribution >= 4 is 21.8 Å². The molecule has 0 bridgehead atoms. The highest BCUT2D eigenvalue weighted by atomic mass is 16.5. The van der Waals surface area contributed by atoms with Gasteiger partial charge in [0.25, 0.3) is 0 Å². The standard InChI is InChI=1S/C33H24N4O/c1-2-10-25(11-3-1)37-28-13-5-4-12-26(28)27-21-23(15-16-29(27)37)22-8-6-9-24(20-22)33-32-30-17-18-34-36(30)19-7-14-31(32)38-35-33/h1-6,8-13,15-18,20-21H,7,14,19H2. The maximum atomic E-state index is 5.85. The molecular formula is C33H24N4O. The molecular weight excluding hydrogens is 468 g/mol. The van der Waals surface area contributed by atoms with Gasteiger partial charge in [0.15, 0.2) is 0 Å². The predicted octanol–water partition coefficient (Wildman–Crippen LogP) is 7.92. The van der Waals surface area contributed by atoms with Gasteiger partial charge in [0.2, 0.25) is 0 Å². The van der Waals surface area contributed by atoms with Crippen molar-refractivity contribution in [3.8, 4) is 39.3 Å². The first kappa shape index (κ1) is 21.2. The van der Waals surface area contributed by atoms with E-state index in [0.717, 1.165) is 53.2 Å². The third-order valence-electron chi connectivity index (χ3n) is 7.67. The summed E-state index contributed by atoms with van der Waals surface area (Å²) in [6, 6.07) is 36.7. The zero-order valence-electron chi connectivity index (χ0n) is 20.7. The van der Waals surface area contributed by atoms with E-state index in [4.69, 9.17) is 4.52 Å². The molecule has 1 aliphatic heterocycles. The lowest BCUT2D eigenvalue weighted by molar-refractivity contribution is 0.381. The van der Waals surface area contributed by atoms with Crippen molar-refractivity contribution in [2.75, 3.05) is 0 Å². The van der Waals surface area contributed by atoms with Crippen LogP contribution in [0.25, 0.3) is 61.1 Å². The van der Waals surface area contributed by atoms with Crippen molar-refractivity contribution < 1.29 is 4.52 Å². The Morgan fingerprint density at radius 1 is 0.684 bits per heavy atom. The highest BCUT2D eigenvalue weighted by molar-refractivity contribution is 6.10. The lowest BCUT2D eigenvalue weighted by atomic mass is 9.97. The molecule has 0 atom stereocenters. The van der Waals surface area contributed by atoms with Crippen LogP contribution in [0.4, 0.5) is 0 Å². The van der Waals surface area contributed by atoms with Crippen LogP contribution in [-0.2, 0) is 13.0 Å². The van der Waals surface area contributed by atoms with Crippen LogP contribution in [0.2, 0.25) is 0 Å². The molecule has 182 valence electrons. The van der Waals surface area contributed by atoms with Gasteiger partial charge in [-0.25, -0.2) is 0 Å². The van der Waals surface area contributed by atoms with E-state index in [1.54, 1.807) is 0 Å². The van der Waals surface area contributed by atoms with E-state index >= 15 is 0 Å². The molecule has 4 heterocycles. The molecule has 0 amide bonds. The SMILES string of the molecule is c1ccc(-n2c3ccccc3c3cc(-c4cccc(-c5noc6c5-c5ccnn5CCC6)c4)ccc32)cc1. The molecule has 0 spiro atoms. The monoisotopic (exact) mass is 492 g/mol. The van der Waals surface area contributed by atoms with Crippen molar-refractivity contribution in [3.05, 3.63) is 115 Å². The van der Waals surface area contributed by atoms with Gasteiger partial charge < -0.3 is 9.09 Å². The Balaban J connectivity index is 1.28. The molecule has 0 saturated carbocycles. The number of nitrogens with zero attached hydrogens (tertiary/aromatic N) is 4. The molecule has 8 rings (SSSR count). The Labute approximate surface area is 219 Å². The largest absolute Gasteiger partial charge is 0.360 e. The van der Waals surface area contributed by atoms with Crippen molar-refractivity contribution in [3.63, 3.8) is 0 Å². The number of rotatable bonds is 3. The Morgan fingerprint density at radius 3 is 2.45 bits per heavy atom. The molecule has 1 aliphatic rings. The minimum atomic E-state index is 0.869. The van der Waals surface area contributed by atoms with E-state index in [-0.39, 0.29) is 0 Å². The highest BCUT2D eigenvalue weighted by Crippen LogP contribution is 2.39. The van der Waals surface area contributed by atoms with Gasteiger partial charge in [-0.1, -0.05) is 65.8 Å². The second-order valence-corrected chi connectivity index (χ2v) is 9.87. The van der Waals surface area contributed by atoms with Crippen LogP contribution >= 0.6 is 0 Å². The normalized spacial score (nSPS) is 12.9. The summed E-state index contributed by atoms with van der Waals surface area (Å²) >= 11 is 0. The maximum absolute atomic E-state index is 5.85. The van der Waals surface area contributed by atoms with Gasteiger partial charge in [-0.3, -0.25) is 4.68 Å².